The van der Waals surface area contributed by atoms with Crippen LogP contribution in [-0.2, 0) is 14.3 Å². The number of fused-ring (bicyclic) bond motifs is 1. The lowest BCUT2D eigenvalue weighted by molar-refractivity contribution is -0.148. The van der Waals surface area contributed by atoms with Gasteiger partial charge in [-0.2, -0.15) is 0 Å². The van der Waals surface area contributed by atoms with Crippen LogP contribution in [0.1, 0.15) is 44.9 Å². The molecule has 2 rings (SSSR count). The minimum atomic E-state index is -0.342. The molecule has 0 spiro atoms. The number of carbonyl (C=O) groups excluding carboxylic acids is 2. The van der Waals surface area contributed by atoms with E-state index in [9.17, 15) is 9.59 Å². The normalized spacial score (nSPS) is 35.0. The van der Waals surface area contributed by atoms with Gasteiger partial charge in [0.25, 0.3) is 0 Å². The zero-order valence-electron chi connectivity index (χ0n) is 9.25. The van der Waals surface area contributed by atoms with E-state index in [0.717, 1.165) is 25.7 Å². The molecule has 2 atom stereocenters. The molecule has 0 N–H and O–H groups in total. The molecular weight excluding hydrogens is 192 g/mol. The molecule has 3 nitrogen and oxygen atoms in total. The summed E-state index contributed by atoms with van der Waals surface area (Å²) < 4.78 is 4.71. The van der Waals surface area contributed by atoms with Gasteiger partial charge in [0, 0.05) is 11.8 Å². The summed E-state index contributed by atoms with van der Waals surface area (Å²) in [6, 6.07) is 0. The van der Waals surface area contributed by atoms with E-state index in [-0.39, 0.29) is 11.4 Å². The Bertz CT molecular complexity index is 285. The van der Waals surface area contributed by atoms with Gasteiger partial charge in [0.05, 0.1) is 13.5 Å². The fourth-order valence-electron chi connectivity index (χ4n) is 3.31. The van der Waals surface area contributed by atoms with E-state index in [1.54, 1.807) is 0 Å². The van der Waals surface area contributed by atoms with Gasteiger partial charge in [0.1, 0.15) is 5.78 Å². The Morgan fingerprint density at radius 2 is 2.27 bits per heavy atom. The fourth-order valence-corrected chi connectivity index (χ4v) is 3.31. The molecule has 0 unspecified atom stereocenters. The number of Topliss-reactive ketones (excluding diaryl/α,β-unsaturated/α-hetero) is 1. The van der Waals surface area contributed by atoms with Crippen molar-refractivity contribution in [3.05, 3.63) is 0 Å². The molecule has 15 heavy (non-hydrogen) atoms. The number of hydrogen-bond donors (Lipinski definition) is 0. The lowest BCUT2D eigenvalue weighted by Crippen LogP contribution is -2.37. The Kier molecular flexibility index (Phi) is 2.81. The molecule has 0 aromatic rings. The summed E-state index contributed by atoms with van der Waals surface area (Å²) in [5.74, 6) is 0.521. The van der Waals surface area contributed by atoms with Crippen molar-refractivity contribution in [1.82, 2.24) is 0 Å². The average molecular weight is 210 g/mol. The van der Waals surface area contributed by atoms with Crippen molar-refractivity contribution in [2.24, 2.45) is 11.3 Å². The predicted molar refractivity (Wildman–Crippen MR) is 55.3 cm³/mol. The molecule has 0 aliphatic heterocycles. The zero-order chi connectivity index (χ0) is 10.9. The molecule has 0 aromatic heterocycles. The maximum Gasteiger partial charge on any atom is 0.306 e. The highest BCUT2D eigenvalue weighted by atomic mass is 16.5. The van der Waals surface area contributed by atoms with Gasteiger partial charge in [0.2, 0.25) is 0 Å². The summed E-state index contributed by atoms with van der Waals surface area (Å²) in [5, 5.41) is 0. The summed E-state index contributed by atoms with van der Waals surface area (Å²) in [6.07, 6.45) is 6.26. The maximum absolute atomic E-state index is 12.0. The first-order chi connectivity index (χ1) is 7.19. The van der Waals surface area contributed by atoms with Gasteiger partial charge in [-0.1, -0.05) is 12.8 Å². The monoisotopic (exact) mass is 210 g/mol. The van der Waals surface area contributed by atoms with E-state index in [2.05, 4.69) is 0 Å². The van der Waals surface area contributed by atoms with Gasteiger partial charge in [0.15, 0.2) is 0 Å². The maximum atomic E-state index is 12.0. The van der Waals surface area contributed by atoms with Gasteiger partial charge in [-0.25, -0.2) is 0 Å². The van der Waals surface area contributed by atoms with Gasteiger partial charge < -0.3 is 4.74 Å². The second-order valence-electron chi connectivity index (χ2n) is 4.81. The van der Waals surface area contributed by atoms with Crippen molar-refractivity contribution in [3.8, 4) is 0 Å². The van der Waals surface area contributed by atoms with Crippen LogP contribution in [0.15, 0.2) is 0 Å². The number of methoxy groups -OCH3 is 1. The molecule has 2 fully saturated rings. The lowest BCUT2D eigenvalue weighted by Gasteiger charge is -2.37. The molecule has 84 valence electrons. The van der Waals surface area contributed by atoms with Crippen LogP contribution in [0.5, 0.6) is 0 Å². The summed E-state index contributed by atoms with van der Waals surface area (Å²) in [7, 11) is 1.40. The van der Waals surface area contributed by atoms with Crippen molar-refractivity contribution in [2.45, 2.75) is 44.9 Å². The van der Waals surface area contributed by atoms with E-state index < -0.39 is 0 Å². The minimum absolute atomic E-state index is 0.225. The average Bonchev–Trinajstić information content (AvgIpc) is 2.57. The summed E-state index contributed by atoms with van der Waals surface area (Å²) in [5.41, 5.74) is -0.342. The van der Waals surface area contributed by atoms with E-state index in [4.69, 9.17) is 4.74 Å². The first-order valence-corrected chi connectivity index (χ1v) is 5.79. The summed E-state index contributed by atoms with van der Waals surface area (Å²) in [6.45, 7) is 0. The third-order valence-electron chi connectivity index (χ3n) is 4.17. The van der Waals surface area contributed by atoms with E-state index in [1.807, 2.05) is 0 Å². The lowest BCUT2D eigenvalue weighted by atomic mass is 9.66. The van der Waals surface area contributed by atoms with Crippen LogP contribution in [0.25, 0.3) is 0 Å². The molecule has 0 aromatic carbocycles. The third kappa shape index (κ3) is 1.68. The predicted octanol–water partition coefficient (Wildman–Crippen LogP) is 2.09. The van der Waals surface area contributed by atoms with Gasteiger partial charge in [-0.05, 0) is 25.2 Å². The highest BCUT2D eigenvalue weighted by Gasteiger charge is 2.51. The Labute approximate surface area is 90.2 Å². The number of hydrogen-bond acceptors (Lipinski definition) is 3. The molecule has 0 amide bonds. The Balaban J connectivity index is 2.19. The first kappa shape index (κ1) is 10.7. The Morgan fingerprint density at radius 3 is 3.00 bits per heavy atom. The van der Waals surface area contributed by atoms with Gasteiger partial charge >= 0.3 is 5.97 Å². The molecule has 3 heteroatoms. The van der Waals surface area contributed by atoms with E-state index in [1.165, 1.54) is 13.5 Å². The highest BCUT2D eigenvalue weighted by molar-refractivity contribution is 5.91. The Hall–Kier alpha value is -0.860. The third-order valence-corrected chi connectivity index (χ3v) is 4.17. The number of carbonyl (C=O) groups is 2. The molecule has 2 aliphatic carbocycles. The molecule has 2 aliphatic rings. The quantitative estimate of drug-likeness (QED) is 0.655. The number of rotatable bonds is 2. The van der Waals surface area contributed by atoms with Crippen LogP contribution in [0.3, 0.4) is 0 Å². The topological polar surface area (TPSA) is 43.4 Å². The molecule has 0 radical (unpaired) electrons. The fraction of sp³-hybridized carbons (Fsp3) is 0.833. The second-order valence-corrected chi connectivity index (χ2v) is 4.81. The minimum Gasteiger partial charge on any atom is -0.469 e. The largest absolute Gasteiger partial charge is 0.469 e. The standard InChI is InChI=1S/C12H18O3/c1-15-11(14)8-12-7-3-2-4-9(12)5-6-10(12)13/h9H,2-8H2,1H3/t9-,12+/m1/s1. The summed E-state index contributed by atoms with van der Waals surface area (Å²) >= 11 is 0. The Morgan fingerprint density at radius 1 is 1.47 bits per heavy atom. The van der Waals surface area contributed by atoms with Crippen LogP contribution in [0.4, 0.5) is 0 Å². The van der Waals surface area contributed by atoms with Crippen molar-refractivity contribution < 1.29 is 14.3 Å². The van der Waals surface area contributed by atoms with E-state index >= 15 is 0 Å². The first-order valence-electron chi connectivity index (χ1n) is 5.79. The smallest absolute Gasteiger partial charge is 0.306 e. The molecule has 0 saturated heterocycles. The summed E-state index contributed by atoms with van der Waals surface area (Å²) in [4.78, 5) is 23.4. The van der Waals surface area contributed by atoms with Crippen LogP contribution in [0, 0.1) is 11.3 Å². The number of ketones is 1. The van der Waals surface area contributed by atoms with Crippen molar-refractivity contribution in [2.75, 3.05) is 7.11 Å². The van der Waals surface area contributed by atoms with Crippen molar-refractivity contribution >= 4 is 11.8 Å². The zero-order valence-corrected chi connectivity index (χ0v) is 9.25. The molecule has 2 saturated carbocycles. The molecular formula is C12H18O3. The van der Waals surface area contributed by atoms with Crippen LogP contribution in [-0.4, -0.2) is 18.9 Å². The highest BCUT2D eigenvalue weighted by Crippen LogP contribution is 2.52. The number of ether oxygens (including phenoxy) is 1. The van der Waals surface area contributed by atoms with Crippen LogP contribution >= 0.6 is 0 Å². The van der Waals surface area contributed by atoms with Crippen molar-refractivity contribution in [1.29, 1.82) is 0 Å². The molecule has 0 heterocycles. The SMILES string of the molecule is COC(=O)C[C@@]12CCCC[C@@H]1CCC2=O. The van der Waals surface area contributed by atoms with Crippen LogP contribution in [0.2, 0.25) is 0 Å². The van der Waals surface area contributed by atoms with Gasteiger partial charge in [-0.3, -0.25) is 9.59 Å². The van der Waals surface area contributed by atoms with Gasteiger partial charge in [-0.15, -0.1) is 0 Å². The van der Waals surface area contributed by atoms with Crippen molar-refractivity contribution in [3.63, 3.8) is 0 Å². The molecule has 0 bridgehead atoms. The number of esters is 1. The second kappa shape index (κ2) is 3.95. The van der Waals surface area contributed by atoms with Crippen LogP contribution < -0.4 is 0 Å². The van der Waals surface area contributed by atoms with E-state index in [0.29, 0.717) is 24.5 Å².